The Labute approximate surface area is 110 Å². The van der Waals surface area contributed by atoms with Crippen molar-refractivity contribution in [2.75, 3.05) is 26.3 Å². The van der Waals surface area contributed by atoms with Crippen molar-refractivity contribution in [3.05, 3.63) is 0 Å². The SMILES string of the molecule is CC(NC(=O)N1CCCCCC1)C1CCOCC1. The van der Waals surface area contributed by atoms with E-state index in [1.165, 1.54) is 12.8 Å². The molecule has 2 amide bonds. The zero-order chi connectivity index (χ0) is 12.8. The Balaban J connectivity index is 1.77. The zero-order valence-electron chi connectivity index (χ0n) is 11.5. The molecule has 2 aliphatic rings. The number of hydrogen-bond acceptors (Lipinski definition) is 2. The van der Waals surface area contributed by atoms with Gasteiger partial charge in [-0.1, -0.05) is 12.8 Å². The lowest BCUT2D eigenvalue weighted by Crippen LogP contribution is -2.47. The molecule has 2 saturated heterocycles. The molecule has 0 radical (unpaired) electrons. The van der Waals surface area contributed by atoms with Crippen molar-refractivity contribution in [1.82, 2.24) is 10.2 Å². The zero-order valence-corrected chi connectivity index (χ0v) is 11.5. The maximum Gasteiger partial charge on any atom is 0.317 e. The van der Waals surface area contributed by atoms with Crippen LogP contribution in [0.15, 0.2) is 0 Å². The highest BCUT2D eigenvalue weighted by Gasteiger charge is 2.24. The molecule has 1 atom stereocenters. The first-order valence-corrected chi connectivity index (χ1v) is 7.40. The van der Waals surface area contributed by atoms with Gasteiger partial charge >= 0.3 is 6.03 Å². The van der Waals surface area contributed by atoms with E-state index in [0.717, 1.165) is 52.0 Å². The second kappa shape index (κ2) is 6.98. The van der Waals surface area contributed by atoms with Crippen LogP contribution in [0.2, 0.25) is 0 Å². The van der Waals surface area contributed by atoms with Crippen LogP contribution in [0.5, 0.6) is 0 Å². The fraction of sp³-hybridized carbons (Fsp3) is 0.929. The molecule has 4 nitrogen and oxygen atoms in total. The number of carbonyl (C=O) groups is 1. The molecule has 1 N–H and O–H groups in total. The van der Waals surface area contributed by atoms with Gasteiger partial charge in [-0.2, -0.15) is 0 Å². The van der Waals surface area contributed by atoms with E-state index < -0.39 is 0 Å². The third-order valence-corrected chi connectivity index (χ3v) is 4.22. The highest BCUT2D eigenvalue weighted by molar-refractivity contribution is 5.74. The summed E-state index contributed by atoms with van der Waals surface area (Å²) in [6.45, 7) is 5.66. The van der Waals surface area contributed by atoms with Crippen LogP contribution in [-0.2, 0) is 4.74 Å². The van der Waals surface area contributed by atoms with E-state index in [1.54, 1.807) is 0 Å². The molecule has 18 heavy (non-hydrogen) atoms. The summed E-state index contributed by atoms with van der Waals surface area (Å²) in [5, 5.41) is 3.18. The molecule has 0 aromatic carbocycles. The van der Waals surface area contributed by atoms with Gasteiger partial charge in [0.2, 0.25) is 0 Å². The van der Waals surface area contributed by atoms with Gasteiger partial charge in [0, 0.05) is 32.3 Å². The van der Waals surface area contributed by atoms with Gasteiger partial charge in [0.05, 0.1) is 0 Å². The monoisotopic (exact) mass is 254 g/mol. The highest BCUT2D eigenvalue weighted by atomic mass is 16.5. The molecule has 4 heteroatoms. The minimum Gasteiger partial charge on any atom is -0.381 e. The Morgan fingerprint density at radius 2 is 1.78 bits per heavy atom. The van der Waals surface area contributed by atoms with Crippen LogP contribution in [-0.4, -0.2) is 43.3 Å². The summed E-state index contributed by atoms with van der Waals surface area (Å²) in [6.07, 6.45) is 6.97. The number of carbonyl (C=O) groups excluding carboxylic acids is 1. The Bertz CT molecular complexity index is 257. The van der Waals surface area contributed by atoms with E-state index in [-0.39, 0.29) is 12.1 Å². The van der Waals surface area contributed by atoms with Gasteiger partial charge in [-0.05, 0) is 38.5 Å². The van der Waals surface area contributed by atoms with E-state index in [9.17, 15) is 4.79 Å². The van der Waals surface area contributed by atoms with Crippen molar-refractivity contribution in [2.24, 2.45) is 5.92 Å². The van der Waals surface area contributed by atoms with Crippen LogP contribution < -0.4 is 5.32 Å². The van der Waals surface area contributed by atoms with Crippen LogP contribution in [0, 0.1) is 5.92 Å². The third kappa shape index (κ3) is 3.87. The topological polar surface area (TPSA) is 41.6 Å². The minimum absolute atomic E-state index is 0.135. The Hall–Kier alpha value is -0.770. The third-order valence-electron chi connectivity index (χ3n) is 4.22. The second-order valence-corrected chi connectivity index (χ2v) is 5.59. The van der Waals surface area contributed by atoms with E-state index >= 15 is 0 Å². The average molecular weight is 254 g/mol. The first-order valence-electron chi connectivity index (χ1n) is 7.40. The van der Waals surface area contributed by atoms with Crippen LogP contribution >= 0.6 is 0 Å². The van der Waals surface area contributed by atoms with E-state index in [2.05, 4.69) is 12.2 Å². The summed E-state index contributed by atoms with van der Waals surface area (Å²) in [7, 11) is 0. The second-order valence-electron chi connectivity index (χ2n) is 5.59. The molecule has 0 bridgehead atoms. The van der Waals surface area contributed by atoms with Crippen molar-refractivity contribution in [3.63, 3.8) is 0 Å². The molecule has 1 unspecified atom stereocenters. The van der Waals surface area contributed by atoms with Crippen molar-refractivity contribution in [3.8, 4) is 0 Å². The van der Waals surface area contributed by atoms with Crippen molar-refractivity contribution in [1.29, 1.82) is 0 Å². The molecule has 0 saturated carbocycles. The van der Waals surface area contributed by atoms with Gasteiger partial charge in [-0.25, -0.2) is 4.79 Å². The maximum absolute atomic E-state index is 12.2. The van der Waals surface area contributed by atoms with Crippen molar-refractivity contribution < 1.29 is 9.53 Å². The quantitative estimate of drug-likeness (QED) is 0.822. The number of nitrogens with zero attached hydrogens (tertiary/aromatic N) is 1. The number of amides is 2. The molecule has 2 aliphatic heterocycles. The predicted octanol–water partition coefficient (Wildman–Crippen LogP) is 2.39. The Morgan fingerprint density at radius 1 is 1.17 bits per heavy atom. The maximum atomic E-state index is 12.2. The lowest BCUT2D eigenvalue weighted by atomic mass is 9.93. The van der Waals surface area contributed by atoms with Crippen molar-refractivity contribution in [2.45, 2.75) is 51.5 Å². The Kier molecular flexibility index (Phi) is 5.29. The van der Waals surface area contributed by atoms with Crippen molar-refractivity contribution >= 4 is 6.03 Å². The molecule has 0 aromatic heterocycles. The molecule has 0 aliphatic carbocycles. The van der Waals surface area contributed by atoms with Crippen LogP contribution in [0.4, 0.5) is 4.79 Å². The number of ether oxygens (including phenoxy) is 1. The molecule has 0 aromatic rings. The van der Waals surface area contributed by atoms with Crippen LogP contribution in [0.3, 0.4) is 0 Å². The van der Waals surface area contributed by atoms with Gasteiger partial charge in [0.25, 0.3) is 0 Å². The number of rotatable bonds is 2. The molecular weight excluding hydrogens is 228 g/mol. The summed E-state index contributed by atoms with van der Waals surface area (Å²) in [6, 6.07) is 0.403. The van der Waals surface area contributed by atoms with E-state index in [0.29, 0.717) is 5.92 Å². The summed E-state index contributed by atoms with van der Waals surface area (Å²) in [4.78, 5) is 14.2. The van der Waals surface area contributed by atoms with E-state index in [4.69, 9.17) is 4.74 Å². The average Bonchev–Trinajstić information content (AvgIpc) is 2.68. The molecule has 2 rings (SSSR count). The first kappa shape index (κ1) is 13.7. The first-order chi connectivity index (χ1) is 8.77. The largest absolute Gasteiger partial charge is 0.381 e. The van der Waals surface area contributed by atoms with Gasteiger partial charge in [-0.15, -0.1) is 0 Å². The van der Waals surface area contributed by atoms with Gasteiger partial charge < -0.3 is 15.0 Å². The molecule has 2 heterocycles. The van der Waals surface area contributed by atoms with Crippen LogP contribution in [0.25, 0.3) is 0 Å². The highest BCUT2D eigenvalue weighted by Crippen LogP contribution is 2.19. The Morgan fingerprint density at radius 3 is 2.39 bits per heavy atom. The number of hydrogen-bond donors (Lipinski definition) is 1. The summed E-state index contributed by atoms with van der Waals surface area (Å²) in [5.41, 5.74) is 0. The smallest absolute Gasteiger partial charge is 0.317 e. The fourth-order valence-corrected chi connectivity index (χ4v) is 2.89. The molecule has 0 spiro atoms. The molecular formula is C14H26N2O2. The number of nitrogens with one attached hydrogen (secondary N) is 1. The lowest BCUT2D eigenvalue weighted by molar-refractivity contribution is 0.0562. The summed E-state index contributed by atoms with van der Waals surface area (Å²) >= 11 is 0. The van der Waals surface area contributed by atoms with Gasteiger partial charge in [-0.3, -0.25) is 0 Å². The van der Waals surface area contributed by atoms with Crippen LogP contribution in [0.1, 0.15) is 45.4 Å². The fourth-order valence-electron chi connectivity index (χ4n) is 2.89. The predicted molar refractivity (Wildman–Crippen MR) is 71.6 cm³/mol. The van der Waals surface area contributed by atoms with E-state index in [1.807, 2.05) is 4.90 Å². The molecule has 104 valence electrons. The minimum atomic E-state index is 0.135. The number of likely N-dealkylation sites (tertiary alicyclic amines) is 1. The van der Waals surface area contributed by atoms with Gasteiger partial charge in [0.15, 0.2) is 0 Å². The normalized spacial score (nSPS) is 24.4. The summed E-state index contributed by atoms with van der Waals surface area (Å²) < 4.78 is 5.36. The summed E-state index contributed by atoms with van der Waals surface area (Å²) in [5.74, 6) is 0.578. The molecule has 2 fully saturated rings. The number of urea groups is 1. The standard InChI is InChI=1S/C14H26N2O2/c1-12(13-6-10-18-11-7-13)15-14(17)16-8-4-2-3-5-9-16/h12-13H,2-11H2,1H3,(H,15,17). The lowest BCUT2D eigenvalue weighted by Gasteiger charge is -2.30. The van der Waals surface area contributed by atoms with Gasteiger partial charge in [0.1, 0.15) is 0 Å².